The number of hydrogen-bond acceptors (Lipinski definition) is 4. The first kappa shape index (κ1) is 19.6. The van der Waals surface area contributed by atoms with Gasteiger partial charge >= 0.3 is 0 Å². The molecule has 0 N–H and O–H groups in total. The SMILES string of the molecule is CCN(Cc1ccccc1)C(=O)c1ccccc1-c1nc(-c2cccc(C)c2)no1. The zero-order valence-electron chi connectivity index (χ0n) is 17.1. The molecular formula is C25H23N3O2. The van der Waals surface area contributed by atoms with Crippen molar-refractivity contribution in [2.45, 2.75) is 20.4 Å². The van der Waals surface area contributed by atoms with Crippen molar-refractivity contribution in [1.29, 1.82) is 0 Å². The topological polar surface area (TPSA) is 59.2 Å². The number of nitrogens with zero attached hydrogens (tertiary/aromatic N) is 3. The van der Waals surface area contributed by atoms with Gasteiger partial charge in [-0.1, -0.05) is 71.4 Å². The molecule has 1 aromatic heterocycles. The van der Waals surface area contributed by atoms with Crippen molar-refractivity contribution < 1.29 is 9.32 Å². The van der Waals surface area contributed by atoms with Gasteiger partial charge in [0.15, 0.2) is 0 Å². The second kappa shape index (κ2) is 8.74. The molecule has 5 nitrogen and oxygen atoms in total. The van der Waals surface area contributed by atoms with Crippen molar-refractivity contribution >= 4 is 5.91 Å². The molecule has 30 heavy (non-hydrogen) atoms. The van der Waals surface area contributed by atoms with Crippen molar-refractivity contribution in [1.82, 2.24) is 15.0 Å². The Kier molecular flexibility index (Phi) is 5.70. The maximum absolute atomic E-state index is 13.3. The van der Waals surface area contributed by atoms with E-state index in [-0.39, 0.29) is 5.91 Å². The van der Waals surface area contributed by atoms with Gasteiger partial charge in [0.05, 0.1) is 11.1 Å². The third-order valence-electron chi connectivity index (χ3n) is 4.98. The fraction of sp³-hybridized carbons (Fsp3) is 0.160. The molecule has 4 aromatic rings. The van der Waals surface area contributed by atoms with E-state index in [0.717, 1.165) is 16.7 Å². The number of amides is 1. The van der Waals surface area contributed by atoms with E-state index in [4.69, 9.17) is 4.52 Å². The van der Waals surface area contributed by atoms with E-state index in [2.05, 4.69) is 10.1 Å². The lowest BCUT2D eigenvalue weighted by atomic mass is 10.1. The minimum Gasteiger partial charge on any atom is -0.335 e. The summed E-state index contributed by atoms with van der Waals surface area (Å²) in [5, 5.41) is 4.13. The molecule has 0 fully saturated rings. The Balaban J connectivity index is 1.65. The second-order valence-electron chi connectivity index (χ2n) is 7.14. The van der Waals surface area contributed by atoms with Crippen LogP contribution in [0.4, 0.5) is 0 Å². The molecule has 0 spiro atoms. The number of aromatic nitrogens is 2. The maximum atomic E-state index is 13.3. The molecular weight excluding hydrogens is 374 g/mol. The van der Waals surface area contributed by atoms with Crippen LogP contribution >= 0.6 is 0 Å². The smallest absolute Gasteiger partial charge is 0.259 e. The minimum atomic E-state index is -0.0627. The molecule has 5 heteroatoms. The summed E-state index contributed by atoms with van der Waals surface area (Å²) in [5.74, 6) is 0.783. The third kappa shape index (κ3) is 4.15. The van der Waals surface area contributed by atoms with E-state index in [1.807, 2.05) is 97.6 Å². The predicted octanol–water partition coefficient (Wildman–Crippen LogP) is 5.37. The molecule has 0 aliphatic rings. The van der Waals surface area contributed by atoms with Gasteiger partial charge in [0.25, 0.3) is 11.8 Å². The summed E-state index contributed by atoms with van der Waals surface area (Å²) in [6.07, 6.45) is 0. The molecule has 0 radical (unpaired) electrons. The Morgan fingerprint density at radius 1 is 0.967 bits per heavy atom. The highest BCUT2D eigenvalue weighted by atomic mass is 16.5. The van der Waals surface area contributed by atoms with Crippen LogP contribution in [0, 0.1) is 6.92 Å². The number of benzene rings is 3. The van der Waals surface area contributed by atoms with Crippen molar-refractivity contribution in [3.05, 3.63) is 95.6 Å². The van der Waals surface area contributed by atoms with E-state index >= 15 is 0 Å². The standard InChI is InChI=1S/C25H23N3O2/c1-3-28(17-19-11-5-4-6-12-19)25(29)22-15-8-7-14-21(22)24-26-23(27-30-24)20-13-9-10-18(2)16-20/h4-16H,3,17H2,1-2H3. The Bertz CT molecular complexity index is 1150. The average Bonchev–Trinajstić information content (AvgIpc) is 3.28. The minimum absolute atomic E-state index is 0.0627. The quantitative estimate of drug-likeness (QED) is 0.439. The Morgan fingerprint density at radius 2 is 1.73 bits per heavy atom. The van der Waals surface area contributed by atoms with E-state index in [1.54, 1.807) is 0 Å². The van der Waals surface area contributed by atoms with Crippen LogP contribution in [0.3, 0.4) is 0 Å². The zero-order chi connectivity index (χ0) is 20.9. The third-order valence-corrected chi connectivity index (χ3v) is 4.98. The molecule has 0 saturated heterocycles. The molecule has 0 bridgehead atoms. The Morgan fingerprint density at radius 3 is 2.50 bits per heavy atom. The summed E-state index contributed by atoms with van der Waals surface area (Å²) >= 11 is 0. The van der Waals surface area contributed by atoms with Crippen molar-refractivity contribution in [3.63, 3.8) is 0 Å². The first-order valence-corrected chi connectivity index (χ1v) is 9.99. The summed E-state index contributed by atoms with van der Waals surface area (Å²) in [6.45, 7) is 5.14. The highest BCUT2D eigenvalue weighted by molar-refractivity contribution is 6.00. The molecule has 0 aliphatic heterocycles. The monoisotopic (exact) mass is 397 g/mol. The molecule has 4 rings (SSSR count). The number of rotatable bonds is 6. The van der Waals surface area contributed by atoms with Gasteiger partial charge in [-0.2, -0.15) is 4.98 Å². The average molecular weight is 397 g/mol. The summed E-state index contributed by atoms with van der Waals surface area (Å²) in [6, 6.07) is 25.3. The fourth-order valence-electron chi connectivity index (χ4n) is 3.39. The summed E-state index contributed by atoms with van der Waals surface area (Å²) in [7, 11) is 0. The second-order valence-corrected chi connectivity index (χ2v) is 7.14. The number of aryl methyl sites for hydroxylation is 1. The van der Waals surface area contributed by atoms with Crippen LogP contribution in [0.5, 0.6) is 0 Å². The van der Waals surface area contributed by atoms with Gasteiger partial charge in [-0.05, 0) is 37.6 Å². The van der Waals surface area contributed by atoms with E-state index in [0.29, 0.717) is 35.9 Å². The molecule has 150 valence electrons. The van der Waals surface area contributed by atoms with Gasteiger partial charge in [-0.15, -0.1) is 0 Å². The summed E-state index contributed by atoms with van der Waals surface area (Å²) in [4.78, 5) is 19.7. The van der Waals surface area contributed by atoms with Crippen LogP contribution in [0.2, 0.25) is 0 Å². The van der Waals surface area contributed by atoms with Gasteiger partial charge in [0.1, 0.15) is 0 Å². The van der Waals surface area contributed by atoms with Crippen LogP contribution in [-0.4, -0.2) is 27.5 Å². The van der Waals surface area contributed by atoms with Crippen molar-refractivity contribution in [2.24, 2.45) is 0 Å². The predicted molar refractivity (Wildman–Crippen MR) is 117 cm³/mol. The fourth-order valence-corrected chi connectivity index (χ4v) is 3.39. The molecule has 0 aliphatic carbocycles. The van der Waals surface area contributed by atoms with Crippen molar-refractivity contribution in [2.75, 3.05) is 6.54 Å². The van der Waals surface area contributed by atoms with Crippen LogP contribution in [0.1, 0.15) is 28.4 Å². The molecule has 0 saturated carbocycles. The number of carbonyl (C=O) groups excluding carboxylic acids is 1. The normalized spacial score (nSPS) is 10.7. The summed E-state index contributed by atoms with van der Waals surface area (Å²) < 4.78 is 5.54. The van der Waals surface area contributed by atoms with Crippen LogP contribution in [0.15, 0.2) is 83.4 Å². The highest BCUT2D eigenvalue weighted by Gasteiger charge is 2.22. The van der Waals surface area contributed by atoms with Gasteiger partial charge in [-0.3, -0.25) is 4.79 Å². The van der Waals surface area contributed by atoms with E-state index < -0.39 is 0 Å². The van der Waals surface area contributed by atoms with Crippen LogP contribution in [0.25, 0.3) is 22.8 Å². The van der Waals surface area contributed by atoms with Crippen molar-refractivity contribution in [3.8, 4) is 22.8 Å². The van der Waals surface area contributed by atoms with E-state index in [9.17, 15) is 4.79 Å². The molecule has 0 atom stereocenters. The van der Waals surface area contributed by atoms with Gasteiger partial charge in [-0.25, -0.2) is 0 Å². The first-order chi connectivity index (χ1) is 14.7. The molecule has 1 amide bonds. The lowest BCUT2D eigenvalue weighted by Gasteiger charge is -2.22. The van der Waals surface area contributed by atoms with Crippen LogP contribution in [-0.2, 0) is 6.54 Å². The zero-order valence-corrected chi connectivity index (χ0v) is 17.1. The number of hydrogen-bond donors (Lipinski definition) is 0. The Hall–Kier alpha value is -3.73. The molecule has 1 heterocycles. The van der Waals surface area contributed by atoms with Crippen LogP contribution < -0.4 is 0 Å². The lowest BCUT2D eigenvalue weighted by Crippen LogP contribution is -2.30. The Labute approximate surface area is 176 Å². The van der Waals surface area contributed by atoms with Gasteiger partial charge < -0.3 is 9.42 Å². The largest absolute Gasteiger partial charge is 0.335 e. The first-order valence-electron chi connectivity index (χ1n) is 9.99. The van der Waals surface area contributed by atoms with Gasteiger partial charge in [0.2, 0.25) is 5.82 Å². The molecule has 0 unspecified atom stereocenters. The van der Waals surface area contributed by atoms with E-state index in [1.165, 1.54) is 0 Å². The highest BCUT2D eigenvalue weighted by Crippen LogP contribution is 2.26. The molecule has 3 aromatic carbocycles. The summed E-state index contributed by atoms with van der Waals surface area (Å²) in [5.41, 5.74) is 4.28. The maximum Gasteiger partial charge on any atom is 0.259 e. The van der Waals surface area contributed by atoms with Gasteiger partial charge in [0, 0.05) is 18.7 Å². The lowest BCUT2D eigenvalue weighted by molar-refractivity contribution is 0.0753. The number of carbonyl (C=O) groups is 1.